The van der Waals surface area contributed by atoms with Crippen molar-refractivity contribution in [3.8, 4) is 0 Å². The average molecular weight is 366 g/mol. The van der Waals surface area contributed by atoms with Gasteiger partial charge in [-0.05, 0) is 19.4 Å². The number of hydrogen-bond donors (Lipinski definition) is 1. The van der Waals surface area contributed by atoms with Crippen LogP contribution in [0.1, 0.15) is 25.0 Å². The van der Waals surface area contributed by atoms with Crippen molar-refractivity contribution in [2.24, 2.45) is 21.6 Å². The fourth-order valence-corrected chi connectivity index (χ4v) is 4.08. The monoisotopic (exact) mass is 366 g/mol. The number of fused-ring (bicyclic) bond motifs is 1. The number of ether oxygens (including phenoxy) is 1. The Hall–Kier alpha value is -1.77. The number of aliphatic imine (C=N–C) groups is 2. The molecule has 2 saturated heterocycles. The zero-order valence-corrected chi connectivity index (χ0v) is 14.4. The molecule has 3 aliphatic heterocycles. The number of nitrogens with two attached hydrogens (primary N) is 1. The Morgan fingerprint density at radius 2 is 1.92 bits per heavy atom. The summed E-state index contributed by atoms with van der Waals surface area (Å²) in [5.74, 6) is -2.08. The number of nitrogens with zero attached hydrogens (tertiary/aromatic N) is 3. The zero-order valence-electron chi connectivity index (χ0n) is 14.4. The lowest BCUT2D eigenvalue weighted by molar-refractivity contribution is -0.0474. The maximum atomic E-state index is 14.0. The van der Waals surface area contributed by atoms with E-state index in [0.29, 0.717) is 19.1 Å². The summed E-state index contributed by atoms with van der Waals surface area (Å²) >= 11 is 0. The number of likely N-dealkylation sites (tertiary alicyclic amines) is 1. The van der Waals surface area contributed by atoms with Gasteiger partial charge < -0.3 is 10.5 Å². The van der Waals surface area contributed by atoms with E-state index in [1.165, 1.54) is 0 Å². The first-order valence-corrected chi connectivity index (χ1v) is 8.76. The Morgan fingerprint density at radius 1 is 1.15 bits per heavy atom. The summed E-state index contributed by atoms with van der Waals surface area (Å²) in [6, 6.07) is 1.16. The van der Waals surface area contributed by atoms with Gasteiger partial charge >= 0.3 is 0 Å². The highest BCUT2D eigenvalue weighted by Gasteiger charge is 2.40. The quantitative estimate of drug-likeness (QED) is 0.815. The maximum absolute atomic E-state index is 14.0. The molecule has 140 valence electrons. The van der Waals surface area contributed by atoms with Crippen molar-refractivity contribution in [3.63, 3.8) is 0 Å². The maximum Gasteiger partial charge on any atom is 0.161 e. The number of benzene rings is 1. The molecule has 0 saturated carbocycles. The van der Waals surface area contributed by atoms with Gasteiger partial charge in [0.1, 0.15) is 17.8 Å². The third-order valence-corrected chi connectivity index (χ3v) is 5.43. The molecule has 2 N–H and O–H groups in total. The van der Waals surface area contributed by atoms with Crippen molar-refractivity contribution in [1.29, 1.82) is 0 Å². The lowest BCUT2D eigenvalue weighted by Gasteiger charge is -2.38. The van der Waals surface area contributed by atoms with Crippen molar-refractivity contribution < 1.29 is 17.9 Å². The van der Waals surface area contributed by atoms with Crippen LogP contribution in [0.2, 0.25) is 0 Å². The highest BCUT2D eigenvalue weighted by Crippen LogP contribution is 2.34. The van der Waals surface area contributed by atoms with Gasteiger partial charge in [0.2, 0.25) is 0 Å². The van der Waals surface area contributed by atoms with Crippen LogP contribution >= 0.6 is 0 Å². The molecule has 0 spiro atoms. The molecule has 3 aliphatic rings. The molecule has 1 aromatic carbocycles. The largest absolute Gasteiger partial charge is 0.370 e. The van der Waals surface area contributed by atoms with E-state index < -0.39 is 29.6 Å². The van der Waals surface area contributed by atoms with Gasteiger partial charge in [-0.1, -0.05) is 0 Å². The van der Waals surface area contributed by atoms with Crippen LogP contribution in [-0.2, 0) is 4.74 Å². The number of rotatable bonds is 2. The molecule has 8 heteroatoms. The van der Waals surface area contributed by atoms with Crippen LogP contribution in [0, 0.1) is 23.4 Å². The summed E-state index contributed by atoms with van der Waals surface area (Å²) in [5.41, 5.74) is 6.18. The van der Waals surface area contributed by atoms with E-state index in [1.807, 2.05) is 13.1 Å². The molecule has 3 heterocycles. The smallest absolute Gasteiger partial charge is 0.161 e. The number of halogens is 3. The van der Waals surface area contributed by atoms with Gasteiger partial charge in [0.25, 0.3) is 0 Å². The summed E-state index contributed by atoms with van der Waals surface area (Å²) in [5, 5.41) is 0. The van der Waals surface area contributed by atoms with Crippen LogP contribution in [-0.4, -0.2) is 54.8 Å². The van der Waals surface area contributed by atoms with E-state index >= 15 is 0 Å². The molecule has 5 nitrogen and oxygen atoms in total. The van der Waals surface area contributed by atoms with Gasteiger partial charge in [-0.2, -0.15) is 0 Å². The molecule has 0 aromatic heterocycles. The van der Waals surface area contributed by atoms with Crippen molar-refractivity contribution in [2.45, 2.75) is 37.6 Å². The van der Waals surface area contributed by atoms with E-state index in [-0.39, 0.29) is 23.6 Å². The molecule has 4 rings (SSSR count). The minimum atomic E-state index is -1.22. The molecule has 0 aliphatic carbocycles. The second kappa shape index (κ2) is 6.75. The first kappa shape index (κ1) is 17.6. The van der Waals surface area contributed by atoms with Crippen molar-refractivity contribution in [2.75, 3.05) is 19.7 Å². The van der Waals surface area contributed by atoms with Gasteiger partial charge in [-0.3, -0.25) is 9.89 Å². The van der Waals surface area contributed by atoms with Gasteiger partial charge in [0.05, 0.1) is 12.6 Å². The van der Waals surface area contributed by atoms with Gasteiger partial charge in [0.15, 0.2) is 11.6 Å². The third kappa shape index (κ3) is 3.17. The standard InChI is InChI=1S/C18H21F3N4O/c1-9-23-5-10-6-25(7-17(10)24-9)11-2-16(22)18(26-8-11)12-3-14(20)15(21)4-13(12)19/h3-5,10-11,16-18H,2,6-8,22H2,1H3/t10?,11-,16+,17?,18-/m1/s1. The van der Waals surface area contributed by atoms with E-state index in [2.05, 4.69) is 14.9 Å². The number of amidine groups is 1. The molecule has 0 radical (unpaired) electrons. The second-order valence-corrected chi connectivity index (χ2v) is 7.23. The van der Waals surface area contributed by atoms with Crippen LogP contribution < -0.4 is 5.73 Å². The Labute approximate surface area is 149 Å². The van der Waals surface area contributed by atoms with Crippen LogP contribution in [0.15, 0.2) is 22.1 Å². The normalized spacial score (nSPS) is 34.7. The van der Waals surface area contributed by atoms with Crippen LogP contribution in [0.3, 0.4) is 0 Å². The highest BCUT2D eigenvalue weighted by atomic mass is 19.2. The Balaban J connectivity index is 1.45. The molecule has 2 fully saturated rings. The fourth-order valence-electron chi connectivity index (χ4n) is 4.08. The summed E-state index contributed by atoms with van der Waals surface area (Å²) in [4.78, 5) is 11.1. The molecule has 0 amide bonds. The molecule has 1 aromatic rings. The zero-order chi connectivity index (χ0) is 18.4. The summed E-state index contributed by atoms with van der Waals surface area (Å²) in [6.45, 7) is 3.88. The summed E-state index contributed by atoms with van der Waals surface area (Å²) in [7, 11) is 0. The lowest BCUT2D eigenvalue weighted by Crippen LogP contribution is -2.49. The van der Waals surface area contributed by atoms with E-state index in [1.54, 1.807) is 0 Å². The van der Waals surface area contributed by atoms with Gasteiger partial charge in [0, 0.05) is 48.9 Å². The van der Waals surface area contributed by atoms with E-state index in [4.69, 9.17) is 10.5 Å². The predicted octanol–water partition coefficient (Wildman–Crippen LogP) is 2.06. The highest BCUT2D eigenvalue weighted by molar-refractivity contribution is 5.90. The minimum Gasteiger partial charge on any atom is -0.370 e. The minimum absolute atomic E-state index is 0.0303. The van der Waals surface area contributed by atoms with Gasteiger partial charge in [-0.25, -0.2) is 18.2 Å². The molecule has 5 atom stereocenters. The average Bonchev–Trinajstić information content (AvgIpc) is 3.01. The Morgan fingerprint density at radius 3 is 2.69 bits per heavy atom. The molecule has 0 bridgehead atoms. The van der Waals surface area contributed by atoms with E-state index in [0.717, 1.165) is 25.0 Å². The predicted molar refractivity (Wildman–Crippen MR) is 91.8 cm³/mol. The van der Waals surface area contributed by atoms with Crippen molar-refractivity contribution >= 4 is 12.1 Å². The van der Waals surface area contributed by atoms with Crippen LogP contribution in [0.4, 0.5) is 13.2 Å². The van der Waals surface area contributed by atoms with Crippen LogP contribution in [0.5, 0.6) is 0 Å². The molecular formula is C18H21F3N4O. The third-order valence-electron chi connectivity index (χ3n) is 5.43. The van der Waals surface area contributed by atoms with Crippen LogP contribution in [0.25, 0.3) is 0 Å². The number of hydrogen-bond acceptors (Lipinski definition) is 5. The van der Waals surface area contributed by atoms with Crippen molar-refractivity contribution in [1.82, 2.24) is 4.90 Å². The van der Waals surface area contributed by atoms with Crippen molar-refractivity contribution in [3.05, 3.63) is 35.1 Å². The second-order valence-electron chi connectivity index (χ2n) is 7.23. The summed E-state index contributed by atoms with van der Waals surface area (Å²) < 4.78 is 46.5. The first-order valence-electron chi connectivity index (χ1n) is 8.76. The van der Waals surface area contributed by atoms with Gasteiger partial charge in [-0.15, -0.1) is 0 Å². The first-order chi connectivity index (χ1) is 12.4. The van der Waals surface area contributed by atoms with E-state index in [9.17, 15) is 13.2 Å². The molecule has 2 unspecified atom stereocenters. The lowest BCUT2D eigenvalue weighted by atomic mass is 9.93. The Bertz CT molecular complexity index is 769. The fraction of sp³-hybridized carbons (Fsp3) is 0.556. The Kier molecular flexibility index (Phi) is 4.58. The topological polar surface area (TPSA) is 63.2 Å². The SMILES string of the molecule is CC1=NC2CN([C@H]3CO[C@H](c4cc(F)c(F)cc4F)[C@@H](N)C3)CC2C=N1. The molecular weight excluding hydrogens is 345 g/mol. The molecule has 26 heavy (non-hydrogen) atoms. The summed E-state index contributed by atoms with van der Waals surface area (Å²) in [6.07, 6.45) is 1.76.